The third kappa shape index (κ3) is 3.73. The second-order valence-corrected chi connectivity index (χ2v) is 8.00. The van der Waals surface area contributed by atoms with Crippen LogP contribution in [0.1, 0.15) is 42.1 Å². The lowest BCUT2D eigenvalue weighted by Crippen LogP contribution is -2.33. The van der Waals surface area contributed by atoms with Gasteiger partial charge in [-0.1, -0.05) is 35.1 Å². The Bertz CT molecular complexity index is 851. The Balaban J connectivity index is 1.37. The van der Waals surface area contributed by atoms with E-state index in [9.17, 15) is 0 Å². The van der Waals surface area contributed by atoms with Gasteiger partial charge in [0.05, 0.1) is 0 Å². The lowest BCUT2D eigenvalue weighted by atomic mass is 9.96. The molecule has 1 fully saturated rings. The lowest BCUT2D eigenvalue weighted by molar-refractivity contribution is 0.466. The Kier molecular flexibility index (Phi) is 5.17. The van der Waals surface area contributed by atoms with Crippen LogP contribution >= 0.6 is 22.9 Å². The minimum atomic E-state index is 0.482. The van der Waals surface area contributed by atoms with Crippen LogP contribution in [0.5, 0.6) is 0 Å². The summed E-state index contributed by atoms with van der Waals surface area (Å²) < 4.78 is 2.15. The molecule has 0 radical (unpaired) electrons. The fraction of sp³-hybridized carbons (Fsp3) is 0.444. The first-order valence-electron chi connectivity index (χ1n) is 8.92. The topological polar surface area (TPSA) is 59.7 Å². The molecule has 0 aliphatic carbocycles. The molecule has 1 aliphatic rings. The molecule has 136 valence electrons. The molecule has 1 aromatic carbocycles. The third-order valence-corrected chi connectivity index (χ3v) is 6.08. The van der Waals surface area contributed by atoms with Crippen LogP contribution < -0.4 is 4.90 Å². The first-order valence-corrected chi connectivity index (χ1v) is 10.1. The first kappa shape index (κ1) is 17.4. The fourth-order valence-corrected chi connectivity index (χ4v) is 4.42. The highest BCUT2D eigenvalue weighted by Crippen LogP contribution is 2.31. The second kappa shape index (κ2) is 7.72. The van der Waals surface area contributed by atoms with E-state index in [1.807, 2.05) is 30.6 Å². The average molecular weight is 389 g/mol. The Morgan fingerprint density at radius 3 is 2.62 bits per heavy atom. The zero-order valence-electron chi connectivity index (χ0n) is 14.7. The van der Waals surface area contributed by atoms with Gasteiger partial charge in [-0.05, 0) is 37.5 Å². The van der Waals surface area contributed by atoms with Crippen LogP contribution in [0.25, 0.3) is 0 Å². The zero-order valence-corrected chi connectivity index (χ0v) is 16.2. The summed E-state index contributed by atoms with van der Waals surface area (Å²) in [5.41, 5.74) is 1.20. The van der Waals surface area contributed by atoms with Crippen LogP contribution in [-0.4, -0.2) is 38.1 Å². The van der Waals surface area contributed by atoms with Crippen LogP contribution in [0.15, 0.2) is 30.6 Å². The molecule has 0 saturated carbocycles. The molecule has 26 heavy (non-hydrogen) atoms. The number of nitrogens with zero attached hydrogens (tertiary/aromatic N) is 6. The van der Waals surface area contributed by atoms with Crippen LogP contribution in [0, 0.1) is 0 Å². The Hall–Kier alpha value is -1.99. The number of anilines is 1. The van der Waals surface area contributed by atoms with Crippen molar-refractivity contribution >= 4 is 28.1 Å². The van der Waals surface area contributed by atoms with Gasteiger partial charge >= 0.3 is 0 Å². The van der Waals surface area contributed by atoms with E-state index in [-0.39, 0.29) is 0 Å². The van der Waals surface area contributed by atoms with Gasteiger partial charge in [0.1, 0.15) is 17.2 Å². The molecule has 2 aromatic heterocycles. The Morgan fingerprint density at radius 1 is 1.12 bits per heavy atom. The van der Waals surface area contributed by atoms with Crippen molar-refractivity contribution in [2.45, 2.75) is 38.6 Å². The smallest absolute Gasteiger partial charge is 0.208 e. The molecule has 8 heteroatoms. The molecule has 0 amide bonds. The zero-order chi connectivity index (χ0) is 17.9. The van der Waals surface area contributed by atoms with E-state index in [0.717, 1.165) is 59.9 Å². The highest BCUT2D eigenvalue weighted by molar-refractivity contribution is 7.15. The van der Waals surface area contributed by atoms with Crippen molar-refractivity contribution in [2.75, 3.05) is 18.0 Å². The van der Waals surface area contributed by atoms with E-state index < -0.39 is 0 Å². The van der Waals surface area contributed by atoms with Crippen molar-refractivity contribution in [3.63, 3.8) is 0 Å². The third-order valence-electron chi connectivity index (χ3n) is 4.84. The fourth-order valence-electron chi connectivity index (χ4n) is 3.37. The van der Waals surface area contributed by atoms with Gasteiger partial charge in [-0.2, -0.15) is 0 Å². The summed E-state index contributed by atoms with van der Waals surface area (Å²) in [6.07, 6.45) is 4.77. The summed E-state index contributed by atoms with van der Waals surface area (Å²) >= 11 is 7.63. The van der Waals surface area contributed by atoms with E-state index in [1.165, 1.54) is 5.56 Å². The van der Waals surface area contributed by atoms with Gasteiger partial charge in [0.15, 0.2) is 0 Å². The molecule has 3 aromatic rings. The molecular weight excluding hydrogens is 368 g/mol. The summed E-state index contributed by atoms with van der Waals surface area (Å²) in [4.78, 5) is 2.34. The number of rotatable bonds is 5. The monoisotopic (exact) mass is 388 g/mol. The number of aryl methyl sites for hydroxylation is 1. The minimum absolute atomic E-state index is 0.482. The number of hydrogen-bond donors (Lipinski definition) is 0. The van der Waals surface area contributed by atoms with E-state index in [2.05, 4.69) is 36.8 Å². The highest BCUT2D eigenvalue weighted by atomic mass is 35.5. The SMILES string of the molecule is CCn1cnnc1C1CCN(c2nnc(Cc3ccc(Cl)cc3)s2)CC1. The lowest BCUT2D eigenvalue weighted by Gasteiger charge is -2.30. The van der Waals surface area contributed by atoms with Crippen LogP contribution in [0.2, 0.25) is 5.02 Å². The Morgan fingerprint density at radius 2 is 1.88 bits per heavy atom. The molecule has 3 heterocycles. The number of hydrogen-bond acceptors (Lipinski definition) is 6. The van der Waals surface area contributed by atoms with Gasteiger partial charge in [-0.15, -0.1) is 20.4 Å². The van der Waals surface area contributed by atoms with Crippen molar-refractivity contribution in [3.8, 4) is 0 Å². The van der Waals surface area contributed by atoms with Crippen molar-refractivity contribution in [3.05, 3.63) is 52.0 Å². The Labute approximate surface area is 161 Å². The van der Waals surface area contributed by atoms with Gasteiger partial charge in [0.2, 0.25) is 5.13 Å². The van der Waals surface area contributed by atoms with Gasteiger partial charge < -0.3 is 9.47 Å². The average Bonchev–Trinajstić information content (AvgIpc) is 3.33. The summed E-state index contributed by atoms with van der Waals surface area (Å²) in [6.45, 7) is 5.02. The summed E-state index contributed by atoms with van der Waals surface area (Å²) in [5.74, 6) is 1.60. The molecule has 6 nitrogen and oxygen atoms in total. The largest absolute Gasteiger partial charge is 0.347 e. The summed E-state index contributed by atoms with van der Waals surface area (Å²) in [7, 11) is 0. The molecule has 0 N–H and O–H groups in total. The van der Waals surface area contributed by atoms with E-state index in [4.69, 9.17) is 11.6 Å². The van der Waals surface area contributed by atoms with E-state index >= 15 is 0 Å². The number of piperidine rings is 1. The van der Waals surface area contributed by atoms with Crippen molar-refractivity contribution in [1.29, 1.82) is 0 Å². The molecule has 1 saturated heterocycles. The van der Waals surface area contributed by atoms with E-state index in [0.29, 0.717) is 5.92 Å². The van der Waals surface area contributed by atoms with E-state index in [1.54, 1.807) is 11.3 Å². The second-order valence-electron chi connectivity index (χ2n) is 6.52. The maximum atomic E-state index is 5.95. The number of halogens is 1. The summed E-state index contributed by atoms with van der Waals surface area (Å²) in [5, 5.41) is 20.0. The molecule has 1 aliphatic heterocycles. The van der Waals surface area contributed by atoms with Crippen molar-refractivity contribution in [2.24, 2.45) is 0 Å². The molecule has 0 spiro atoms. The van der Waals surface area contributed by atoms with Crippen LogP contribution in [-0.2, 0) is 13.0 Å². The molecule has 4 rings (SSSR count). The van der Waals surface area contributed by atoms with Gasteiger partial charge in [-0.25, -0.2) is 0 Å². The number of aromatic nitrogens is 5. The van der Waals surface area contributed by atoms with Crippen LogP contribution in [0.4, 0.5) is 5.13 Å². The molecule has 0 unspecified atom stereocenters. The predicted molar refractivity (Wildman–Crippen MR) is 104 cm³/mol. The molecule has 0 atom stereocenters. The van der Waals surface area contributed by atoms with Gasteiger partial charge in [-0.3, -0.25) is 0 Å². The molecular formula is C18H21ClN6S. The quantitative estimate of drug-likeness (QED) is 0.665. The number of benzene rings is 1. The maximum absolute atomic E-state index is 5.95. The van der Waals surface area contributed by atoms with Crippen LogP contribution in [0.3, 0.4) is 0 Å². The standard InChI is InChI=1S/C18H21ClN6S/c1-2-24-12-20-22-17(24)14-7-9-25(10-8-14)18-23-21-16(26-18)11-13-3-5-15(19)6-4-13/h3-6,12,14H,2,7-11H2,1H3. The predicted octanol–water partition coefficient (Wildman–Crippen LogP) is 3.78. The van der Waals surface area contributed by atoms with Gasteiger partial charge in [0.25, 0.3) is 0 Å². The van der Waals surface area contributed by atoms with Crippen molar-refractivity contribution < 1.29 is 0 Å². The highest BCUT2D eigenvalue weighted by Gasteiger charge is 2.26. The normalized spacial score (nSPS) is 15.5. The van der Waals surface area contributed by atoms with Crippen molar-refractivity contribution in [1.82, 2.24) is 25.0 Å². The molecule has 0 bridgehead atoms. The maximum Gasteiger partial charge on any atom is 0.208 e. The summed E-state index contributed by atoms with van der Waals surface area (Å²) in [6, 6.07) is 7.91. The first-order chi connectivity index (χ1) is 12.7. The van der Waals surface area contributed by atoms with Gasteiger partial charge in [0, 0.05) is 37.0 Å². The minimum Gasteiger partial charge on any atom is -0.347 e.